The lowest BCUT2D eigenvalue weighted by atomic mass is 9.52. The zero-order valence-electron chi connectivity index (χ0n) is 16.8. The van der Waals surface area contributed by atoms with Crippen molar-refractivity contribution in [3.63, 3.8) is 0 Å². The molecule has 4 bridgehead atoms. The molecule has 6 nitrogen and oxygen atoms in total. The molecule has 0 radical (unpaired) electrons. The Morgan fingerprint density at radius 2 is 1.79 bits per heavy atom. The summed E-state index contributed by atoms with van der Waals surface area (Å²) in [6, 6.07) is 5.35. The van der Waals surface area contributed by atoms with Crippen molar-refractivity contribution in [2.45, 2.75) is 57.4 Å². The van der Waals surface area contributed by atoms with E-state index in [-0.39, 0.29) is 17.9 Å². The molecule has 1 aromatic rings. The van der Waals surface area contributed by atoms with Gasteiger partial charge in [-0.2, -0.15) is 8.42 Å². The Bertz CT molecular complexity index is 944. The molecule has 29 heavy (non-hydrogen) atoms. The van der Waals surface area contributed by atoms with Crippen molar-refractivity contribution in [1.29, 1.82) is 0 Å². The first-order valence-electron chi connectivity index (χ1n) is 10.2. The third-order valence-corrected chi connectivity index (χ3v) is 7.68. The number of aryl methyl sites for hydroxylation is 1. The van der Waals surface area contributed by atoms with Gasteiger partial charge in [-0.15, -0.1) is 4.36 Å². The van der Waals surface area contributed by atoms with Gasteiger partial charge in [-0.3, -0.25) is 9.69 Å². The summed E-state index contributed by atoms with van der Waals surface area (Å²) in [6.45, 7) is 1.80. The quantitative estimate of drug-likeness (QED) is 0.735. The minimum Gasteiger partial charge on any atom is -0.365 e. The first-order chi connectivity index (χ1) is 13.8. The zero-order valence-corrected chi connectivity index (χ0v) is 18.5. The summed E-state index contributed by atoms with van der Waals surface area (Å²) in [7, 11) is -0.751. The number of rotatable bonds is 4. The van der Waals surface area contributed by atoms with E-state index in [1.807, 2.05) is 11.0 Å². The summed E-state index contributed by atoms with van der Waals surface area (Å²) in [6.07, 6.45) is 7.18. The van der Waals surface area contributed by atoms with Crippen molar-refractivity contribution in [1.82, 2.24) is 10.2 Å². The van der Waals surface area contributed by atoms with Gasteiger partial charge in [0.1, 0.15) is 0 Å². The monoisotopic (exact) mass is 433 g/mol. The van der Waals surface area contributed by atoms with Crippen LogP contribution in [-0.4, -0.2) is 36.9 Å². The van der Waals surface area contributed by atoms with E-state index in [0.717, 1.165) is 30.4 Å². The number of carbonyl (C=O) groups excluding carboxylic acids is 1. The molecule has 4 fully saturated rings. The standard InChI is InChI=1S/C21H27N3O3S2/c1-13-3-4-14(8-18(13)23-29(26)27)9-19(25)24(20(28)22-2)21-10-15-5-16(11-21)7-17(6-15)12-21/h3-4,8,15-17H,5-7,9-12H2,1-2H3,(H,22,28). The molecule has 8 heteroatoms. The summed E-state index contributed by atoms with van der Waals surface area (Å²) in [5.41, 5.74) is 1.72. The van der Waals surface area contributed by atoms with E-state index in [1.54, 1.807) is 26.1 Å². The van der Waals surface area contributed by atoms with Gasteiger partial charge >= 0.3 is 10.5 Å². The van der Waals surface area contributed by atoms with Crippen LogP contribution in [-0.2, 0) is 21.7 Å². The van der Waals surface area contributed by atoms with Crippen LogP contribution < -0.4 is 5.32 Å². The third-order valence-electron chi connectivity index (χ3n) is 6.95. The van der Waals surface area contributed by atoms with Crippen molar-refractivity contribution < 1.29 is 13.2 Å². The van der Waals surface area contributed by atoms with Crippen LogP contribution in [0.1, 0.15) is 49.7 Å². The lowest BCUT2D eigenvalue weighted by molar-refractivity contribution is -0.140. The van der Waals surface area contributed by atoms with Crippen LogP contribution >= 0.6 is 12.2 Å². The van der Waals surface area contributed by atoms with Crippen molar-refractivity contribution in [2.75, 3.05) is 7.05 Å². The summed E-state index contributed by atoms with van der Waals surface area (Å²) >= 11 is 5.60. The highest BCUT2D eigenvalue weighted by Gasteiger charge is 2.55. The van der Waals surface area contributed by atoms with Gasteiger partial charge in [0.2, 0.25) is 5.91 Å². The van der Waals surface area contributed by atoms with Crippen molar-refractivity contribution in [3.8, 4) is 0 Å². The van der Waals surface area contributed by atoms with Crippen LogP contribution in [0.3, 0.4) is 0 Å². The Labute approximate surface area is 178 Å². The Hall–Kier alpha value is -1.80. The average Bonchev–Trinajstić information content (AvgIpc) is 2.62. The molecule has 5 rings (SSSR count). The van der Waals surface area contributed by atoms with E-state index >= 15 is 0 Å². The molecule has 4 saturated carbocycles. The number of amides is 1. The molecular weight excluding hydrogens is 406 g/mol. The number of hydrogen-bond donors (Lipinski definition) is 1. The highest BCUT2D eigenvalue weighted by molar-refractivity contribution is 7.80. The molecule has 1 N–H and O–H groups in total. The van der Waals surface area contributed by atoms with Gasteiger partial charge in [0.15, 0.2) is 5.11 Å². The predicted octanol–water partition coefficient (Wildman–Crippen LogP) is 3.53. The summed E-state index contributed by atoms with van der Waals surface area (Å²) in [5.74, 6) is 2.08. The minimum absolute atomic E-state index is 0.0238. The Morgan fingerprint density at radius 3 is 2.31 bits per heavy atom. The smallest absolute Gasteiger partial charge is 0.316 e. The molecule has 4 aliphatic carbocycles. The van der Waals surface area contributed by atoms with Crippen LogP contribution in [0, 0.1) is 24.7 Å². The second-order valence-electron chi connectivity index (χ2n) is 9.03. The zero-order chi connectivity index (χ0) is 20.8. The fraction of sp³-hybridized carbons (Fsp3) is 0.619. The van der Waals surface area contributed by atoms with Gasteiger partial charge in [0.25, 0.3) is 0 Å². The summed E-state index contributed by atoms with van der Waals surface area (Å²) < 4.78 is 25.6. The molecular formula is C21H27N3O3S2. The van der Waals surface area contributed by atoms with E-state index in [4.69, 9.17) is 12.2 Å². The van der Waals surface area contributed by atoms with E-state index in [0.29, 0.717) is 28.6 Å². The molecule has 1 amide bonds. The minimum atomic E-state index is -2.52. The first-order valence-corrected chi connectivity index (χ1v) is 11.7. The molecule has 0 heterocycles. The fourth-order valence-electron chi connectivity index (χ4n) is 6.24. The van der Waals surface area contributed by atoms with Gasteiger partial charge < -0.3 is 5.32 Å². The number of nitrogens with one attached hydrogen (secondary N) is 1. The van der Waals surface area contributed by atoms with Gasteiger partial charge in [-0.25, -0.2) is 0 Å². The summed E-state index contributed by atoms with van der Waals surface area (Å²) in [4.78, 5) is 15.4. The number of carbonyl (C=O) groups is 1. The maximum Gasteiger partial charge on any atom is 0.316 e. The SMILES string of the molecule is CNC(=S)N(C(=O)Cc1ccc(C)c(N=S(=O)=O)c1)C12CC3CC(CC(C3)C1)C2. The molecule has 0 atom stereocenters. The Kier molecular flexibility index (Phi) is 5.50. The largest absolute Gasteiger partial charge is 0.365 e. The second-order valence-corrected chi connectivity index (χ2v) is 10.0. The maximum atomic E-state index is 13.5. The topological polar surface area (TPSA) is 78.8 Å². The highest BCUT2D eigenvalue weighted by Crippen LogP contribution is 2.58. The van der Waals surface area contributed by atoms with Crippen molar-refractivity contribution >= 4 is 39.4 Å². The molecule has 0 saturated heterocycles. The Balaban J connectivity index is 1.63. The molecule has 0 aromatic heterocycles. The number of thiocarbonyl (C=S) groups is 1. The third kappa shape index (κ3) is 3.97. The molecule has 0 spiro atoms. The Morgan fingerprint density at radius 1 is 1.21 bits per heavy atom. The second kappa shape index (κ2) is 7.80. The molecule has 156 valence electrons. The van der Waals surface area contributed by atoms with Crippen LogP contribution in [0.5, 0.6) is 0 Å². The van der Waals surface area contributed by atoms with Gasteiger partial charge in [-0.05, 0) is 92.6 Å². The van der Waals surface area contributed by atoms with E-state index < -0.39 is 10.5 Å². The van der Waals surface area contributed by atoms with Gasteiger partial charge in [0.05, 0.1) is 17.6 Å². The fourth-order valence-corrected chi connectivity index (χ4v) is 6.89. The molecule has 1 aromatic carbocycles. The lowest BCUT2D eigenvalue weighted by Gasteiger charge is -2.60. The average molecular weight is 434 g/mol. The maximum absolute atomic E-state index is 13.5. The van der Waals surface area contributed by atoms with Crippen LogP contribution in [0.2, 0.25) is 0 Å². The lowest BCUT2D eigenvalue weighted by Crippen LogP contribution is -2.64. The first kappa shape index (κ1) is 20.5. The number of nitrogens with zero attached hydrogens (tertiary/aromatic N) is 2. The normalized spacial score (nSPS) is 29.4. The molecule has 4 aliphatic rings. The number of hydrogen-bond acceptors (Lipinski definition) is 5. The van der Waals surface area contributed by atoms with E-state index in [9.17, 15) is 13.2 Å². The molecule has 0 aliphatic heterocycles. The van der Waals surface area contributed by atoms with Gasteiger partial charge in [0, 0.05) is 7.05 Å². The van der Waals surface area contributed by atoms with Crippen molar-refractivity contribution in [2.24, 2.45) is 22.1 Å². The van der Waals surface area contributed by atoms with Crippen LogP contribution in [0.15, 0.2) is 22.6 Å². The van der Waals surface area contributed by atoms with Crippen LogP contribution in [0.25, 0.3) is 0 Å². The van der Waals surface area contributed by atoms with Gasteiger partial charge in [-0.1, -0.05) is 12.1 Å². The number of benzene rings is 1. The van der Waals surface area contributed by atoms with E-state index in [2.05, 4.69) is 9.68 Å². The van der Waals surface area contributed by atoms with Crippen LogP contribution in [0.4, 0.5) is 5.69 Å². The van der Waals surface area contributed by atoms with Crippen molar-refractivity contribution in [3.05, 3.63) is 29.3 Å². The highest BCUT2D eigenvalue weighted by atomic mass is 32.2. The van der Waals surface area contributed by atoms with E-state index in [1.165, 1.54) is 19.3 Å². The summed E-state index contributed by atoms with van der Waals surface area (Å²) in [5, 5.41) is 3.53. The molecule has 0 unspecified atom stereocenters. The predicted molar refractivity (Wildman–Crippen MR) is 115 cm³/mol.